The van der Waals surface area contributed by atoms with E-state index >= 15 is 0 Å². The molecule has 0 amide bonds. The average molecular weight is 332 g/mol. The van der Waals surface area contributed by atoms with Gasteiger partial charge < -0.3 is 4.74 Å². The van der Waals surface area contributed by atoms with Crippen molar-refractivity contribution < 1.29 is 4.74 Å². The van der Waals surface area contributed by atoms with E-state index in [2.05, 4.69) is 41.3 Å². The van der Waals surface area contributed by atoms with E-state index in [4.69, 9.17) is 16.3 Å². The number of nitrogens with zero attached hydrogens (tertiary/aromatic N) is 1. The highest BCUT2D eigenvalue weighted by Gasteiger charge is 2.28. The van der Waals surface area contributed by atoms with Crippen LogP contribution in [0.1, 0.15) is 17.2 Å². The molecule has 1 atom stereocenters. The maximum Gasteiger partial charge on any atom is 0.0594 e. The first-order chi connectivity index (χ1) is 10.8. The monoisotopic (exact) mass is 331 g/mol. The number of fused-ring (bicyclic) bond motifs is 2. The standard InChI is InChI=1S/C18H18ClNOS/c19-14-5-6-18-15(12-14)16(20-7-9-21-10-8-20)11-13-3-1-2-4-17(13)22-18/h1-6,12,16H,7-11H2. The molecule has 1 unspecified atom stereocenters. The predicted octanol–water partition coefficient (Wildman–Crippen LogP) is 4.42. The smallest absolute Gasteiger partial charge is 0.0594 e. The van der Waals surface area contributed by atoms with Crippen molar-refractivity contribution in [1.82, 2.24) is 4.90 Å². The van der Waals surface area contributed by atoms with Gasteiger partial charge in [0.05, 0.1) is 13.2 Å². The molecule has 22 heavy (non-hydrogen) atoms. The molecule has 2 aromatic carbocycles. The highest BCUT2D eigenvalue weighted by molar-refractivity contribution is 7.99. The van der Waals surface area contributed by atoms with Crippen molar-refractivity contribution in [2.75, 3.05) is 26.3 Å². The molecule has 4 rings (SSSR count). The van der Waals surface area contributed by atoms with Gasteiger partial charge in [0.25, 0.3) is 0 Å². The van der Waals surface area contributed by atoms with Gasteiger partial charge >= 0.3 is 0 Å². The van der Waals surface area contributed by atoms with Crippen molar-refractivity contribution >= 4 is 23.4 Å². The lowest BCUT2D eigenvalue weighted by Gasteiger charge is -2.35. The molecule has 1 saturated heterocycles. The van der Waals surface area contributed by atoms with Crippen molar-refractivity contribution in [1.29, 1.82) is 0 Å². The summed E-state index contributed by atoms with van der Waals surface area (Å²) >= 11 is 8.16. The Kier molecular flexibility index (Phi) is 4.14. The second-order valence-electron chi connectivity index (χ2n) is 5.76. The molecule has 0 N–H and O–H groups in total. The summed E-state index contributed by atoms with van der Waals surface area (Å²) in [5.41, 5.74) is 2.78. The largest absolute Gasteiger partial charge is 0.379 e. The fourth-order valence-corrected chi connectivity index (χ4v) is 4.59. The SMILES string of the molecule is Clc1ccc2c(c1)C(N1CCOCC1)Cc1ccccc1S2. The minimum atomic E-state index is 0.383. The van der Waals surface area contributed by atoms with Gasteiger partial charge in [0.2, 0.25) is 0 Å². The zero-order valence-corrected chi connectivity index (χ0v) is 13.9. The molecule has 2 aromatic rings. The molecule has 2 aliphatic rings. The number of halogens is 1. The molecule has 0 aliphatic carbocycles. The summed E-state index contributed by atoms with van der Waals surface area (Å²) in [6, 6.07) is 15.4. The van der Waals surface area contributed by atoms with Crippen LogP contribution in [-0.2, 0) is 11.2 Å². The van der Waals surface area contributed by atoms with Crippen molar-refractivity contribution in [2.24, 2.45) is 0 Å². The Balaban J connectivity index is 1.80. The van der Waals surface area contributed by atoms with Crippen molar-refractivity contribution in [2.45, 2.75) is 22.3 Å². The lowest BCUT2D eigenvalue weighted by Crippen LogP contribution is -2.39. The third-order valence-corrected chi connectivity index (χ3v) is 5.87. The van der Waals surface area contributed by atoms with Crippen molar-refractivity contribution in [3.05, 3.63) is 58.6 Å². The maximum atomic E-state index is 6.29. The fourth-order valence-electron chi connectivity index (χ4n) is 3.30. The van der Waals surface area contributed by atoms with Crippen molar-refractivity contribution in [3.8, 4) is 0 Å². The summed E-state index contributed by atoms with van der Waals surface area (Å²) in [5, 5.41) is 0.823. The Morgan fingerprint density at radius 3 is 2.73 bits per heavy atom. The highest BCUT2D eigenvalue weighted by atomic mass is 35.5. The Labute approximate surface area is 140 Å². The molecule has 0 radical (unpaired) electrons. The quantitative estimate of drug-likeness (QED) is 0.767. The lowest BCUT2D eigenvalue weighted by molar-refractivity contribution is 0.0155. The number of rotatable bonds is 1. The van der Waals surface area contributed by atoms with E-state index in [1.54, 1.807) is 0 Å². The van der Waals surface area contributed by atoms with Crippen LogP contribution in [0.5, 0.6) is 0 Å². The molecule has 4 heteroatoms. The summed E-state index contributed by atoms with van der Waals surface area (Å²) in [5.74, 6) is 0. The minimum absolute atomic E-state index is 0.383. The van der Waals surface area contributed by atoms with Crippen molar-refractivity contribution in [3.63, 3.8) is 0 Å². The number of ether oxygens (including phenoxy) is 1. The summed E-state index contributed by atoms with van der Waals surface area (Å²) < 4.78 is 5.53. The first-order valence-electron chi connectivity index (χ1n) is 7.68. The molecular weight excluding hydrogens is 314 g/mol. The van der Waals surface area contributed by atoms with E-state index in [-0.39, 0.29) is 0 Å². The second kappa shape index (κ2) is 6.25. The zero-order chi connectivity index (χ0) is 14.9. The van der Waals surface area contributed by atoms with Gasteiger partial charge in [-0.25, -0.2) is 0 Å². The third-order valence-electron chi connectivity index (χ3n) is 4.42. The Bertz CT molecular complexity index is 685. The van der Waals surface area contributed by atoms with Gasteiger partial charge in [0.15, 0.2) is 0 Å². The van der Waals surface area contributed by atoms with E-state index in [0.29, 0.717) is 6.04 Å². The Hall–Kier alpha value is -1.00. The summed E-state index contributed by atoms with van der Waals surface area (Å²) in [6.45, 7) is 3.62. The van der Waals surface area contributed by atoms with Crippen LogP contribution in [0.25, 0.3) is 0 Å². The van der Waals surface area contributed by atoms with Crippen LogP contribution in [0.4, 0.5) is 0 Å². The van der Waals surface area contributed by atoms with Gasteiger partial charge in [-0.3, -0.25) is 4.90 Å². The second-order valence-corrected chi connectivity index (χ2v) is 7.28. The van der Waals surface area contributed by atoms with Crippen LogP contribution >= 0.6 is 23.4 Å². The van der Waals surface area contributed by atoms with Crippen LogP contribution in [0.15, 0.2) is 52.3 Å². The molecule has 2 aliphatic heterocycles. The predicted molar refractivity (Wildman–Crippen MR) is 90.9 cm³/mol. The number of hydrogen-bond donors (Lipinski definition) is 0. The van der Waals surface area contributed by atoms with Crippen LogP contribution in [0.3, 0.4) is 0 Å². The molecule has 2 heterocycles. The molecule has 0 saturated carbocycles. The fraction of sp³-hybridized carbons (Fsp3) is 0.333. The van der Waals surface area contributed by atoms with Gasteiger partial charge in [0, 0.05) is 33.9 Å². The van der Waals surface area contributed by atoms with Crippen LogP contribution < -0.4 is 0 Å². The summed E-state index contributed by atoms with van der Waals surface area (Å²) in [4.78, 5) is 5.23. The van der Waals surface area contributed by atoms with E-state index in [0.717, 1.165) is 37.7 Å². The minimum Gasteiger partial charge on any atom is -0.379 e. The molecule has 114 valence electrons. The normalized spacial score (nSPS) is 21.8. The molecule has 2 nitrogen and oxygen atoms in total. The number of hydrogen-bond acceptors (Lipinski definition) is 3. The van der Waals surface area contributed by atoms with Gasteiger partial charge in [0.1, 0.15) is 0 Å². The van der Waals surface area contributed by atoms with E-state index in [1.807, 2.05) is 17.8 Å². The summed E-state index contributed by atoms with van der Waals surface area (Å²) in [6.07, 6.45) is 1.04. The maximum absolute atomic E-state index is 6.29. The molecule has 0 bridgehead atoms. The van der Waals surface area contributed by atoms with E-state index in [9.17, 15) is 0 Å². The zero-order valence-electron chi connectivity index (χ0n) is 12.3. The molecule has 1 fully saturated rings. The molecule has 0 aromatic heterocycles. The topological polar surface area (TPSA) is 12.5 Å². The van der Waals surface area contributed by atoms with E-state index in [1.165, 1.54) is 20.9 Å². The van der Waals surface area contributed by atoms with Gasteiger partial charge in [-0.2, -0.15) is 0 Å². The van der Waals surface area contributed by atoms with Gasteiger partial charge in [-0.05, 0) is 41.8 Å². The third kappa shape index (κ3) is 2.79. The number of benzene rings is 2. The number of morpholine rings is 1. The average Bonchev–Trinajstić information content (AvgIpc) is 2.72. The van der Waals surface area contributed by atoms with Crippen LogP contribution in [0, 0.1) is 0 Å². The lowest BCUT2D eigenvalue weighted by atomic mass is 9.97. The Morgan fingerprint density at radius 1 is 1.05 bits per heavy atom. The van der Waals surface area contributed by atoms with Gasteiger partial charge in [-0.1, -0.05) is 41.6 Å². The molecule has 0 spiro atoms. The first-order valence-corrected chi connectivity index (χ1v) is 8.88. The first kappa shape index (κ1) is 14.6. The van der Waals surface area contributed by atoms with Crippen LogP contribution in [-0.4, -0.2) is 31.2 Å². The Morgan fingerprint density at radius 2 is 1.86 bits per heavy atom. The summed E-state index contributed by atoms with van der Waals surface area (Å²) in [7, 11) is 0. The van der Waals surface area contributed by atoms with Crippen LogP contribution in [0.2, 0.25) is 5.02 Å². The highest BCUT2D eigenvalue weighted by Crippen LogP contribution is 2.43. The van der Waals surface area contributed by atoms with E-state index < -0.39 is 0 Å². The van der Waals surface area contributed by atoms with Gasteiger partial charge in [-0.15, -0.1) is 0 Å². The molecular formula is C18H18ClNOS.